The normalized spacial score (nSPS) is 20.0. The summed E-state index contributed by atoms with van der Waals surface area (Å²) in [4.78, 5) is 53.3. The molecule has 1 unspecified atom stereocenters. The van der Waals surface area contributed by atoms with Gasteiger partial charge in [-0.3, -0.25) is 24.1 Å². The van der Waals surface area contributed by atoms with Gasteiger partial charge < -0.3 is 20.4 Å². The number of amides is 4. The predicted octanol–water partition coefficient (Wildman–Crippen LogP) is 0.135. The van der Waals surface area contributed by atoms with Crippen LogP contribution in [-0.4, -0.2) is 90.7 Å². The van der Waals surface area contributed by atoms with Crippen molar-refractivity contribution in [2.45, 2.75) is 18.6 Å². The number of alkyl halides is 3. The third-order valence-corrected chi connectivity index (χ3v) is 5.42. The second-order valence-corrected chi connectivity index (χ2v) is 7.64. The minimum Gasteiger partial charge on any atom is -0.353 e. The van der Waals surface area contributed by atoms with E-state index in [0.29, 0.717) is 26.2 Å². The van der Waals surface area contributed by atoms with E-state index in [1.807, 2.05) is 4.90 Å². The van der Waals surface area contributed by atoms with Gasteiger partial charge in [-0.25, -0.2) is 0 Å². The van der Waals surface area contributed by atoms with Crippen LogP contribution in [0.2, 0.25) is 0 Å². The summed E-state index contributed by atoms with van der Waals surface area (Å²) < 4.78 is 38.6. The van der Waals surface area contributed by atoms with E-state index in [-0.39, 0.29) is 37.6 Å². The molecule has 2 aliphatic heterocycles. The summed E-state index contributed by atoms with van der Waals surface area (Å²) in [5.41, 5.74) is -0.954. The maximum absolute atomic E-state index is 12.9. The Hall–Kier alpha value is -3.15. The number of anilines is 1. The van der Waals surface area contributed by atoms with Crippen LogP contribution in [0.25, 0.3) is 0 Å². The second kappa shape index (κ2) is 9.98. The first kappa shape index (κ1) is 23.5. The summed E-state index contributed by atoms with van der Waals surface area (Å²) in [7, 11) is 0. The van der Waals surface area contributed by atoms with E-state index in [1.54, 1.807) is 4.90 Å². The van der Waals surface area contributed by atoms with Crippen molar-refractivity contribution in [1.29, 1.82) is 0 Å². The molecule has 2 heterocycles. The second-order valence-electron chi connectivity index (χ2n) is 7.64. The molecular formula is C20H24F3N5O4. The van der Waals surface area contributed by atoms with Gasteiger partial charge in [0.05, 0.1) is 18.5 Å². The molecule has 0 aliphatic carbocycles. The van der Waals surface area contributed by atoms with E-state index in [9.17, 15) is 32.3 Å². The quantitative estimate of drug-likeness (QED) is 0.594. The average Bonchev–Trinajstić information content (AvgIpc) is 2.75. The van der Waals surface area contributed by atoms with Crippen LogP contribution < -0.4 is 10.6 Å². The van der Waals surface area contributed by atoms with Crippen molar-refractivity contribution < 1.29 is 32.3 Å². The summed E-state index contributed by atoms with van der Waals surface area (Å²) in [5, 5.41) is 4.98. The number of nitrogens with zero attached hydrogens (tertiary/aromatic N) is 3. The van der Waals surface area contributed by atoms with Gasteiger partial charge in [-0.05, 0) is 18.2 Å². The molecule has 0 radical (unpaired) electrons. The van der Waals surface area contributed by atoms with E-state index >= 15 is 0 Å². The van der Waals surface area contributed by atoms with Crippen molar-refractivity contribution in [3.8, 4) is 0 Å². The molecule has 1 atom stereocenters. The van der Waals surface area contributed by atoms with Gasteiger partial charge in [0.25, 0.3) is 0 Å². The highest BCUT2D eigenvalue weighted by molar-refractivity contribution is 5.97. The van der Waals surface area contributed by atoms with Crippen LogP contribution >= 0.6 is 0 Å². The van der Waals surface area contributed by atoms with E-state index in [0.717, 1.165) is 18.5 Å². The van der Waals surface area contributed by atoms with Gasteiger partial charge in [-0.1, -0.05) is 6.07 Å². The molecule has 1 aromatic rings. The van der Waals surface area contributed by atoms with Crippen LogP contribution in [-0.2, 0) is 25.4 Å². The van der Waals surface area contributed by atoms with Crippen molar-refractivity contribution in [3.05, 3.63) is 29.8 Å². The lowest BCUT2D eigenvalue weighted by atomic mass is 10.1. The molecular weight excluding hydrogens is 431 g/mol. The number of carbonyl (C=O) groups excluding carboxylic acids is 4. The predicted molar refractivity (Wildman–Crippen MR) is 107 cm³/mol. The fourth-order valence-electron chi connectivity index (χ4n) is 3.69. The first-order chi connectivity index (χ1) is 15.2. The lowest BCUT2D eigenvalue weighted by Gasteiger charge is -2.37. The summed E-state index contributed by atoms with van der Waals surface area (Å²) >= 11 is 0. The Morgan fingerprint density at radius 3 is 2.53 bits per heavy atom. The molecule has 1 aromatic carbocycles. The van der Waals surface area contributed by atoms with Crippen molar-refractivity contribution >= 4 is 29.8 Å². The Morgan fingerprint density at radius 1 is 1.16 bits per heavy atom. The highest BCUT2D eigenvalue weighted by Crippen LogP contribution is 2.30. The lowest BCUT2D eigenvalue weighted by molar-refractivity contribution is -0.145. The van der Waals surface area contributed by atoms with Crippen LogP contribution in [0, 0.1) is 0 Å². The smallest absolute Gasteiger partial charge is 0.353 e. The van der Waals surface area contributed by atoms with Gasteiger partial charge in [0.2, 0.25) is 24.1 Å². The molecule has 32 heavy (non-hydrogen) atoms. The zero-order chi connectivity index (χ0) is 23.3. The molecule has 0 aromatic heterocycles. The molecule has 2 saturated heterocycles. The highest BCUT2D eigenvalue weighted by Gasteiger charge is 2.36. The SMILES string of the molecule is O=CN1CCN(CC(=O)N2CCNC(=O)C2CC(=O)Nc2cccc(C(F)(F)F)c2)CC1. The monoisotopic (exact) mass is 455 g/mol. The van der Waals surface area contributed by atoms with Crippen LogP contribution in [0.4, 0.5) is 18.9 Å². The first-order valence-corrected chi connectivity index (χ1v) is 10.1. The van der Waals surface area contributed by atoms with Gasteiger partial charge in [-0.15, -0.1) is 0 Å². The van der Waals surface area contributed by atoms with Gasteiger partial charge in [0.1, 0.15) is 6.04 Å². The van der Waals surface area contributed by atoms with E-state index < -0.39 is 29.6 Å². The Labute approximate surface area is 182 Å². The van der Waals surface area contributed by atoms with Gasteiger partial charge in [0.15, 0.2) is 0 Å². The Kier molecular flexibility index (Phi) is 7.33. The number of carbonyl (C=O) groups is 4. The molecule has 0 spiro atoms. The van der Waals surface area contributed by atoms with Crippen LogP contribution in [0.1, 0.15) is 12.0 Å². The largest absolute Gasteiger partial charge is 0.416 e. The van der Waals surface area contributed by atoms with E-state index in [4.69, 9.17) is 0 Å². The van der Waals surface area contributed by atoms with Crippen molar-refractivity contribution in [2.24, 2.45) is 0 Å². The molecule has 2 N–H and O–H groups in total. The molecule has 174 valence electrons. The molecule has 4 amide bonds. The number of benzene rings is 1. The third kappa shape index (κ3) is 5.96. The number of hydrogen-bond donors (Lipinski definition) is 2. The minimum absolute atomic E-state index is 0.0473. The maximum Gasteiger partial charge on any atom is 0.416 e. The van der Waals surface area contributed by atoms with Gasteiger partial charge in [0, 0.05) is 45.0 Å². The Balaban J connectivity index is 1.61. The molecule has 12 heteroatoms. The summed E-state index contributed by atoms with van der Waals surface area (Å²) in [5.74, 6) is -1.49. The van der Waals surface area contributed by atoms with Gasteiger partial charge >= 0.3 is 6.18 Å². The number of nitrogens with one attached hydrogen (secondary N) is 2. The molecule has 3 rings (SSSR count). The number of hydrogen-bond acceptors (Lipinski definition) is 5. The first-order valence-electron chi connectivity index (χ1n) is 10.1. The number of rotatable bonds is 6. The Morgan fingerprint density at radius 2 is 1.88 bits per heavy atom. The Bertz CT molecular complexity index is 871. The topological polar surface area (TPSA) is 102 Å². The number of piperazine rings is 2. The molecule has 0 saturated carbocycles. The molecule has 2 aliphatic rings. The van der Waals surface area contributed by atoms with Crippen LogP contribution in [0.5, 0.6) is 0 Å². The highest BCUT2D eigenvalue weighted by atomic mass is 19.4. The third-order valence-electron chi connectivity index (χ3n) is 5.42. The summed E-state index contributed by atoms with van der Waals surface area (Å²) in [6.45, 7) is 2.55. The fourth-order valence-corrected chi connectivity index (χ4v) is 3.69. The maximum atomic E-state index is 12.9. The standard InChI is InChI=1S/C20H24F3N5O4/c21-20(22,23)14-2-1-3-15(10-14)25-17(30)11-16-19(32)24-4-5-28(16)18(31)12-26-6-8-27(13-29)9-7-26/h1-3,10,13,16H,4-9,11-12H2,(H,24,32)(H,25,30). The molecule has 0 bridgehead atoms. The molecule has 9 nitrogen and oxygen atoms in total. The van der Waals surface area contributed by atoms with Crippen molar-refractivity contribution in [2.75, 3.05) is 51.1 Å². The zero-order valence-corrected chi connectivity index (χ0v) is 17.2. The number of halogens is 3. The van der Waals surface area contributed by atoms with Crippen molar-refractivity contribution in [1.82, 2.24) is 20.0 Å². The van der Waals surface area contributed by atoms with E-state index in [2.05, 4.69) is 10.6 Å². The fraction of sp³-hybridized carbons (Fsp3) is 0.500. The van der Waals surface area contributed by atoms with E-state index in [1.165, 1.54) is 17.0 Å². The minimum atomic E-state index is -4.55. The summed E-state index contributed by atoms with van der Waals surface area (Å²) in [6.07, 6.45) is -4.18. The summed E-state index contributed by atoms with van der Waals surface area (Å²) in [6, 6.07) is 3.13. The average molecular weight is 455 g/mol. The van der Waals surface area contributed by atoms with Crippen LogP contribution in [0.3, 0.4) is 0 Å². The van der Waals surface area contributed by atoms with Crippen molar-refractivity contribution in [3.63, 3.8) is 0 Å². The molecule has 2 fully saturated rings. The van der Waals surface area contributed by atoms with Crippen LogP contribution in [0.15, 0.2) is 24.3 Å². The zero-order valence-electron chi connectivity index (χ0n) is 17.2. The van der Waals surface area contributed by atoms with Gasteiger partial charge in [-0.2, -0.15) is 13.2 Å². The lowest BCUT2D eigenvalue weighted by Crippen LogP contribution is -2.60.